The van der Waals surface area contributed by atoms with Crippen molar-refractivity contribution in [1.82, 2.24) is 9.44 Å². The Morgan fingerprint density at radius 1 is 1.09 bits per heavy atom. The minimum atomic E-state index is -4.12. The second kappa shape index (κ2) is 6.32. The number of rotatable bonds is 8. The van der Waals surface area contributed by atoms with Crippen molar-refractivity contribution in [2.24, 2.45) is 0 Å². The first-order valence-corrected chi connectivity index (χ1v) is 9.52. The summed E-state index contributed by atoms with van der Waals surface area (Å²) in [6.45, 7) is -0.317. The minimum absolute atomic E-state index is 0.152. The molecule has 1 saturated carbocycles. The second-order valence-corrected chi connectivity index (χ2v) is 8.30. The van der Waals surface area contributed by atoms with Crippen LogP contribution in [0.3, 0.4) is 0 Å². The topological polar surface area (TPSA) is 130 Å². The quantitative estimate of drug-likeness (QED) is 0.600. The number of carboxylic acid groups (broad SMARTS) is 1. The third-order valence-electron chi connectivity index (χ3n) is 2.96. The van der Waals surface area contributed by atoms with Crippen LogP contribution < -0.4 is 9.44 Å². The van der Waals surface area contributed by atoms with E-state index in [1.165, 1.54) is 24.3 Å². The van der Waals surface area contributed by atoms with E-state index in [1.807, 2.05) is 0 Å². The van der Waals surface area contributed by atoms with E-state index in [4.69, 9.17) is 5.11 Å². The zero-order chi connectivity index (χ0) is 16.4. The van der Waals surface area contributed by atoms with Gasteiger partial charge in [-0.1, -0.05) is 12.1 Å². The Kier molecular flexibility index (Phi) is 4.85. The fourth-order valence-electron chi connectivity index (χ4n) is 1.75. The van der Waals surface area contributed by atoms with Crippen molar-refractivity contribution in [3.05, 3.63) is 24.3 Å². The van der Waals surface area contributed by atoms with Gasteiger partial charge in [-0.2, -0.15) is 0 Å². The molecule has 0 amide bonds. The summed E-state index contributed by atoms with van der Waals surface area (Å²) in [4.78, 5) is 9.70. The SMILES string of the molecule is O=C(O)CCNS(=O)(=O)c1ccccc1S(=O)(=O)NC1CC1. The van der Waals surface area contributed by atoms with Crippen LogP contribution >= 0.6 is 0 Å². The lowest BCUT2D eigenvalue weighted by molar-refractivity contribution is -0.136. The van der Waals surface area contributed by atoms with Crippen LogP contribution in [0.4, 0.5) is 0 Å². The number of benzene rings is 1. The summed E-state index contributed by atoms with van der Waals surface area (Å²) in [5, 5.41) is 8.53. The van der Waals surface area contributed by atoms with Crippen LogP contribution in [0.1, 0.15) is 19.3 Å². The van der Waals surface area contributed by atoms with Gasteiger partial charge in [0, 0.05) is 12.6 Å². The lowest BCUT2D eigenvalue weighted by Gasteiger charge is -2.12. The smallest absolute Gasteiger partial charge is 0.304 e. The zero-order valence-corrected chi connectivity index (χ0v) is 13.2. The van der Waals surface area contributed by atoms with Gasteiger partial charge in [0.05, 0.1) is 6.42 Å². The Bertz CT molecular complexity index is 769. The monoisotopic (exact) mass is 348 g/mol. The van der Waals surface area contributed by atoms with E-state index in [-0.39, 0.29) is 17.5 Å². The van der Waals surface area contributed by atoms with Gasteiger partial charge in [-0.05, 0) is 25.0 Å². The first-order valence-electron chi connectivity index (χ1n) is 6.55. The highest BCUT2D eigenvalue weighted by molar-refractivity contribution is 7.92. The summed E-state index contributed by atoms with van der Waals surface area (Å²) in [5.41, 5.74) is 0. The number of hydrogen-bond donors (Lipinski definition) is 3. The summed E-state index contributed by atoms with van der Waals surface area (Å²) in [6.07, 6.45) is 1.06. The molecule has 0 saturated heterocycles. The third kappa shape index (κ3) is 4.26. The summed E-state index contributed by atoms with van der Waals surface area (Å²) < 4.78 is 53.3. The Hall–Kier alpha value is -1.49. The van der Waals surface area contributed by atoms with E-state index in [9.17, 15) is 21.6 Å². The minimum Gasteiger partial charge on any atom is -0.481 e. The van der Waals surface area contributed by atoms with Crippen LogP contribution in [0.2, 0.25) is 0 Å². The molecule has 122 valence electrons. The van der Waals surface area contributed by atoms with Crippen molar-refractivity contribution in [2.45, 2.75) is 35.1 Å². The van der Waals surface area contributed by atoms with E-state index < -0.39 is 37.3 Å². The van der Waals surface area contributed by atoms with Crippen molar-refractivity contribution in [3.8, 4) is 0 Å². The van der Waals surface area contributed by atoms with Gasteiger partial charge in [0.25, 0.3) is 0 Å². The molecule has 0 unspecified atom stereocenters. The van der Waals surface area contributed by atoms with E-state index in [0.29, 0.717) is 0 Å². The normalized spacial score (nSPS) is 15.6. The molecule has 1 fully saturated rings. The lowest BCUT2D eigenvalue weighted by Crippen LogP contribution is -2.31. The number of nitrogens with one attached hydrogen (secondary N) is 2. The molecule has 8 nitrogen and oxygen atoms in total. The first-order chi connectivity index (χ1) is 10.2. The number of carboxylic acids is 1. The molecule has 1 aliphatic carbocycles. The number of sulfonamides is 2. The van der Waals surface area contributed by atoms with Crippen LogP contribution in [0.15, 0.2) is 34.1 Å². The maximum Gasteiger partial charge on any atom is 0.304 e. The summed E-state index contributed by atoms with van der Waals surface area (Å²) in [6, 6.07) is 5.06. The van der Waals surface area contributed by atoms with E-state index in [1.54, 1.807) is 0 Å². The molecule has 2 rings (SSSR count). The summed E-state index contributed by atoms with van der Waals surface area (Å²) >= 11 is 0. The van der Waals surface area contributed by atoms with E-state index in [0.717, 1.165) is 12.8 Å². The molecule has 1 aromatic rings. The molecule has 3 N–H and O–H groups in total. The summed E-state index contributed by atoms with van der Waals surface area (Å²) in [5.74, 6) is -1.15. The Balaban J connectivity index is 2.29. The molecule has 0 aromatic heterocycles. The molecule has 0 aliphatic heterocycles. The predicted molar refractivity (Wildman–Crippen MR) is 77.2 cm³/mol. The Morgan fingerprint density at radius 2 is 1.64 bits per heavy atom. The number of hydrogen-bond acceptors (Lipinski definition) is 5. The van der Waals surface area contributed by atoms with Crippen molar-refractivity contribution >= 4 is 26.0 Å². The van der Waals surface area contributed by atoms with Crippen LogP contribution in [0.5, 0.6) is 0 Å². The molecule has 1 aliphatic rings. The first kappa shape index (κ1) is 16.9. The predicted octanol–water partition coefficient (Wildman–Crippen LogP) is -0.120. The van der Waals surface area contributed by atoms with Gasteiger partial charge < -0.3 is 5.11 Å². The van der Waals surface area contributed by atoms with Crippen molar-refractivity contribution in [2.75, 3.05) is 6.54 Å². The second-order valence-electron chi connectivity index (χ2n) is 4.88. The lowest BCUT2D eigenvalue weighted by atomic mass is 10.4. The van der Waals surface area contributed by atoms with Crippen molar-refractivity contribution in [3.63, 3.8) is 0 Å². The highest BCUT2D eigenvalue weighted by Gasteiger charge is 2.31. The number of aliphatic carboxylic acids is 1. The highest BCUT2D eigenvalue weighted by Crippen LogP contribution is 2.25. The van der Waals surface area contributed by atoms with Crippen LogP contribution in [0, 0.1) is 0 Å². The zero-order valence-electron chi connectivity index (χ0n) is 11.5. The molecule has 1 aromatic carbocycles. The average Bonchev–Trinajstić information content (AvgIpc) is 3.21. The van der Waals surface area contributed by atoms with Gasteiger partial charge in [-0.25, -0.2) is 26.3 Å². The Morgan fingerprint density at radius 3 is 2.14 bits per heavy atom. The van der Waals surface area contributed by atoms with Crippen LogP contribution in [-0.4, -0.2) is 40.5 Å². The number of carbonyl (C=O) groups is 1. The van der Waals surface area contributed by atoms with Gasteiger partial charge in [-0.15, -0.1) is 0 Å². The van der Waals surface area contributed by atoms with Gasteiger partial charge in [0.2, 0.25) is 20.0 Å². The van der Waals surface area contributed by atoms with E-state index in [2.05, 4.69) is 9.44 Å². The average molecular weight is 348 g/mol. The van der Waals surface area contributed by atoms with Crippen molar-refractivity contribution < 1.29 is 26.7 Å². The maximum absolute atomic E-state index is 12.2. The van der Waals surface area contributed by atoms with Crippen LogP contribution in [0.25, 0.3) is 0 Å². The fraction of sp³-hybridized carbons (Fsp3) is 0.417. The van der Waals surface area contributed by atoms with Crippen molar-refractivity contribution in [1.29, 1.82) is 0 Å². The molecule has 0 bridgehead atoms. The maximum atomic E-state index is 12.2. The molecular formula is C12H16N2O6S2. The largest absolute Gasteiger partial charge is 0.481 e. The van der Waals surface area contributed by atoms with Crippen LogP contribution in [-0.2, 0) is 24.8 Å². The van der Waals surface area contributed by atoms with Gasteiger partial charge in [0.15, 0.2) is 0 Å². The fourth-order valence-corrected chi connectivity index (χ4v) is 4.92. The van der Waals surface area contributed by atoms with E-state index >= 15 is 0 Å². The highest BCUT2D eigenvalue weighted by atomic mass is 32.2. The van der Waals surface area contributed by atoms with Gasteiger partial charge >= 0.3 is 5.97 Å². The third-order valence-corrected chi connectivity index (χ3v) is 6.19. The molecule has 0 radical (unpaired) electrons. The Labute approximate surface area is 128 Å². The van der Waals surface area contributed by atoms with Gasteiger partial charge in [0.1, 0.15) is 9.79 Å². The van der Waals surface area contributed by atoms with Gasteiger partial charge in [-0.3, -0.25) is 4.79 Å². The molecular weight excluding hydrogens is 332 g/mol. The molecule has 0 spiro atoms. The molecule has 0 atom stereocenters. The molecule has 10 heteroatoms. The molecule has 22 heavy (non-hydrogen) atoms. The summed E-state index contributed by atoms with van der Waals surface area (Å²) in [7, 11) is -8.06. The standard InChI is InChI=1S/C12H16N2O6S2/c15-12(16)7-8-13-21(17,18)10-3-1-2-4-11(10)22(19,20)14-9-5-6-9/h1-4,9,13-14H,5-8H2,(H,15,16). The molecule has 0 heterocycles.